The molecule has 1 saturated carbocycles. The van der Waals surface area contributed by atoms with Crippen LogP contribution in [-0.4, -0.2) is 21.6 Å². The van der Waals surface area contributed by atoms with Crippen LogP contribution in [0.2, 0.25) is 0 Å². The molecule has 0 radical (unpaired) electrons. The Morgan fingerprint density at radius 2 is 1.92 bits per heavy atom. The van der Waals surface area contributed by atoms with Gasteiger partial charge in [0.2, 0.25) is 0 Å². The standard InChI is InChI=1S/C34H42N2O2/c1-24(2)15-16-33(38)17-18-34(21-26-8-5-4-6-9-26)30(22-33)13-11-27-20-28(12-14-31(27)34)32(37)36-23-29-10-7-19-35-25(29)3/h4-10,12,14,19-20,24,30,38H,11,13,15-18,21-23H2,1-3H3,(H,36,37)/t30-,33-,34+/m1/s1. The summed E-state index contributed by atoms with van der Waals surface area (Å²) in [5.41, 5.74) is 6.19. The highest BCUT2D eigenvalue weighted by Crippen LogP contribution is 2.55. The first kappa shape index (κ1) is 26.6. The second-order valence-corrected chi connectivity index (χ2v) is 12.2. The van der Waals surface area contributed by atoms with E-state index >= 15 is 0 Å². The zero-order valence-corrected chi connectivity index (χ0v) is 23.2. The Hall–Kier alpha value is -2.98. The van der Waals surface area contributed by atoms with E-state index in [-0.39, 0.29) is 11.3 Å². The summed E-state index contributed by atoms with van der Waals surface area (Å²) in [5.74, 6) is 1.00. The molecule has 38 heavy (non-hydrogen) atoms. The number of carbonyl (C=O) groups excluding carboxylic acids is 1. The van der Waals surface area contributed by atoms with Gasteiger partial charge in [-0.3, -0.25) is 9.78 Å². The minimum Gasteiger partial charge on any atom is -0.390 e. The van der Waals surface area contributed by atoms with Crippen molar-refractivity contribution in [1.82, 2.24) is 10.3 Å². The van der Waals surface area contributed by atoms with Crippen LogP contribution in [0.3, 0.4) is 0 Å². The Morgan fingerprint density at radius 1 is 1.11 bits per heavy atom. The van der Waals surface area contributed by atoms with Crippen molar-refractivity contribution in [2.75, 3.05) is 0 Å². The normalized spacial score (nSPS) is 24.5. The van der Waals surface area contributed by atoms with Crippen molar-refractivity contribution in [3.05, 3.63) is 100 Å². The number of rotatable bonds is 8. The van der Waals surface area contributed by atoms with E-state index in [0.717, 1.165) is 68.2 Å². The van der Waals surface area contributed by atoms with Gasteiger partial charge >= 0.3 is 0 Å². The Labute approximate surface area is 227 Å². The van der Waals surface area contributed by atoms with Crippen molar-refractivity contribution in [3.8, 4) is 0 Å². The molecule has 3 atom stereocenters. The van der Waals surface area contributed by atoms with Crippen LogP contribution in [0, 0.1) is 18.8 Å². The predicted octanol–water partition coefficient (Wildman–Crippen LogP) is 6.71. The molecular weight excluding hydrogens is 468 g/mol. The van der Waals surface area contributed by atoms with Gasteiger partial charge in [-0.05, 0) is 111 Å². The molecule has 2 N–H and O–H groups in total. The third-order valence-electron chi connectivity index (χ3n) is 9.22. The number of aliphatic hydroxyl groups is 1. The average molecular weight is 511 g/mol. The lowest BCUT2D eigenvalue weighted by Crippen LogP contribution is -2.51. The molecule has 0 unspecified atom stereocenters. The number of nitrogens with zero attached hydrogens (tertiary/aromatic N) is 1. The van der Waals surface area contributed by atoms with Gasteiger partial charge in [0.05, 0.1) is 5.60 Å². The lowest BCUT2D eigenvalue weighted by Gasteiger charge is -2.53. The molecule has 1 amide bonds. The highest BCUT2D eigenvalue weighted by molar-refractivity contribution is 5.94. The first-order chi connectivity index (χ1) is 18.3. The molecule has 0 spiro atoms. The van der Waals surface area contributed by atoms with Crippen LogP contribution >= 0.6 is 0 Å². The topological polar surface area (TPSA) is 62.2 Å². The van der Waals surface area contributed by atoms with E-state index in [1.165, 1.54) is 16.7 Å². The van der Waals surface area contributed by atoms with E-state index in [0.29, 0.717) is 18.4 Å². The first-order valence-electron chi connectivity index (χ1n) is 14.4. The molecule has 0 saturated heterocycles. The fourth-order valence-electron chi connectivity index (χ4n) is 6.96. The van der Waals surface area contributed by atoms with Gasteiger partial charge < -0.3 is 10.4 Å². The molecule has 1 fully saturated rings. The Balaban J connectivity index is 1.41. The number of aromatic nitrogens is 1. The summed E-state index contributed by atoms with van der Waals surface area (Å²) < 4.78 is 0. The zero-order valence-electron chi connectivity index (χ0n) is 23.2. The van der Waals surface area contributed by atoms with E-state index in [2.05, 4.69) is 66.6 Å². The van der Waals surface area contributed by atoms with Crippen LogP contribution in [0.15, 0.2) is 66.9 Å². The molecule has 4 heteroatoms. The minimum atomic E-state index is -0.559. The molecule has 1 heterocycles. The lowest BCUT2D eigenvalue weighted by molar-refractivity contribution is -0.0589. The maximum Gasteiger partial charge on any atom is 0.251 e. The van der Waals surface area contributed by atoms with Crippen LogP contribution in [0.4, 0.5) is 0 Å². The van der Waals surface area contributed by atoms with Gasteiger partial charge in [-0.1, -0.05) is 56.3 Å². The number of aryl methyl sites for hydroxylation is 2. The second-order valence-electron chi connectivity index (χ2n) is 12.2. The molecule has 2 aromatic carbocycles. The fourth-order valence-corrected chi connectivity index (χ4v) is 6.96. The van der Waals surface area contributed by atoms with E-state index in [9.17, 15) is 9.90 Å². The first-order valence-corrected chi connectivity index (χ1v) is 14.4. The molecule has 0 bridgehead atoms. The molecule has 200 valence electrons. The lowest BCUT2D eigenvalue weighted by atomic mass is 9.52. The SMILES string of the molecule is Cc1ncccc1CNC(=O)c1ccc2c(c1)CC[C@@H]1C[C@@](O)(CCC(C)C)CC[C@@]21Cc1ccccc1. The highest BCUT2D eigenvalue weighted by atomic mass is 16.3. The van der Waals surface area contributed by atoms with Crippen LogP contribution in [0.1, 0.15) is 90.7 Å². The van der Waals surface area contributed by atoms with Crippen molar-refractivity contribution < 1.29 is 9.90 Å². The summed E-state index contributed by atoms with van der Waals surface area (Å²) in [5, 5.41) is 14.7. The Kier molecular flexibility index (Phi) is 7.72. The number of carbonyl (C=O) groups is 1. The third kappa shape index (κ3) is 5.56. The zero-order chi connectivity index (χ0) is 26.8. The predicted molar refractivity (Wildman–Crippen MR) is 153 cm³/mol. The monoisotopic (exact) mass is 510 g/mol. The van der Waals surface area contributed by atoms with Gasteiger partial charge in [0.25, 0.3) is 5.91 Å². The average Bonchev–Trinajstić information content (AvgIpc) is 2.92. The smallest absolute Gasteiger partial charge is 0.251 e. The summed E-state index contributed by atoms with van der Waals surface area (Å²) >= 11 is 0. The molecule has 2 aliphatic carbocycles. The van der Waals surface area contributed by atoms with Gasteiger partial charge in [-0.15, -0.1) is 0 Å². The molecule has 3 aromatic rings. The molecule has 2 aliphatic rings. The van der Waals surface area contributed by atoms with Crippen molar-refractivity contribution >= 4 is 5.91 Å². The van der Waals surface area contributed by atoms with Crippen LogP contribution in [0.5, 0.6) is 0 Å². The fraction of sp³-hybridized carbons (Fsp3) is 0.471. The van der Waals surface area contributed by atoms with Gasteiger partial charge in [-0.2, -0.15) is 0 Å². The van der Waals surface area contributed by atoms with Crippen LogP contribution < -0.4 is 5.32 Å². The van der Waals surface area contributed by atoms with Gasteiger partial charge in [0, 0.05) is 29.4 Å². The molecule has 4 nitrogen and oxygen atoms in total. The number of nitrogens with one attached hydrogen (secondary N) is 1. The summed E-state index contributed by atoms with van der Waals surface area (Å²) in [4.78, 5) is 17.4. The molecule has 1 aromatic heterocycles. The van der Waals surface area contributed by atoms with Gasteiger partial charge in [0.1, 0.15) is 0 Å². The third-order valence-corrected chi connectivity index (χ3v) is 9.22. The minimum absolute atomic E-state index is 0.000817. The quantitative estimate of drug-likeness (QED) is 0.354. The highest BCUT2D eigenvalue weighted by Gasteiger charge is 2.51. The second kappa shape index (κ2) is 11.0. The summed E-state index contributed by atoms with van der Waals surface area (Å²) in [6.07, 6.45) is 9.45. The Morgan fingerprint density at radius 3 is 2.68 bits per heavy atom. The summed E-state index contributed by atoms with van der Waals surface area (Å²) in [6, 6.07) is 21.1. The number of benzene rings is 2. The Bertz CT molecular complexity index is 1270. The van der Waals surface area contributed by atoms with Crippen LogP contribution in [-0.2, 0) is 24.8 Å². The van der Waals surface area contributed by atoms with Crippen molar-refractivity contribution in [2.24, 2.45) is 11.8 Å². The number of hydrogen-bond acceptors (Lipinski definition) is 3. The summed E-state index contributed by atoms with van der Waals surface area (Å²) in [7, 11) is 0. The largest absolute Gasteiger partial charge is 0.390 e. The molecule has 0 aliphatic heterocycles. The number of pyridine rings is 1. The van der Waals surface area contributed by atoms with E-state index < -0.39 is 5.60 Å². The van der Waals surface area contributed by atoms with E-state index in [1.807, 2.05) is 25.1 Å². The van der Waals surface area contributed by atoms with E-state index in [1.54, 1.807) is 6.20 Å². The van der Waals surface area contributed by atoms with Gasteiger partial charge in [-0.25, -0.2) is 0 Å². The number of hydrogen-bond donors (Lipinski definition) is 2. The molecular formula is C34H42N2O2. The van der Waals surface area contributed by atoms with Crippen molar-refractivity contribution in [1.29, 1.82) is 0 Å². The van der Waals surface area contributed by atoms with Crippen molar-refractivity contribution in [3.63, 3.8) is 0 Å². The van der Waals surface area contributed by atoms with Crippen molar-refractivity contribution in [2.45, 2.75) is 89.7 Å². The van der Waals surface area contributed by atoms with Gasteiger partial charge in [0.15, 0.2) is 0 Å². The molecule has 5 rings (SSSR count). The maximum absolute atomic E-state index is 13.1. The van der Waals surface area contributed by atoms with Crippen LogP contribution in [0.25, 0.3) is 0 Å². The maximum atomic E-state index is 13.1. The van der Waals surface area contributed by atoms with E-state index in [4.69, 9.17) is 0 Å². The summed E-state index contributed by atoms with van der Waals surface area (Å²) in [6.45, 7) is 6.93. The number of fused-ring (bicyclic) bond motifs is 3. The number of amides is 1.